The molecule has 2 amide bonds. The first kappa shape index (κ1) is 17.7. The van der Waals surface area contributed by atoms with Crippen molar-refractivity contribution in [3.05, 3.63) is 54.6 Å². The SMILES string of the molecule is CC(=O)NCCCCCC(=O)Nc1cccc(-c2ccccc2)c1. The number of anilines is 1. The van der Waals surface area contributed by atoms with E-state index in [-0.39, 0.29) is 11.8 Å². The molecule has 0 aliphatic carbocycles. The summed E-state index contributed by atoms with van der Waals surface area (Å²) in [6, 6.07) is 18.0. The van der Waals surface area contributed by atoms with Gasteiger partial charge in [0.2, 0.25) is 11.8 Å². The molecule has 2 aromatic carbocycles. The normalized spacial score (nSPS) is 10.2. The summed E-state index contributed by atoms with van der Waals surface area (Å²) in [5.74, 6) is 0.0192. The van der Waals surface area contributed by atoms with E-state index in [1.807, 2.05) is 42.5 Å². The number of nitrogens with one attached hydrogen (secondary N) is 2. The number of carbonyl (C=O) groups excluding carboxylic acids is 2. The predicted molar refractivity (Wildman–Crippen MR) is 97.7 cm³/mol. The van der Waals surface area contributed by atoms with Crippen LogP contribution in [0.4, 0.5) is 5.69 Å². The van der Waals surface area contributed by atoms with Crippen LogP contribution >= 0.6 is 0 Å². The highest BCUT2D eigenvalue weighted by Crippen LogP contribution is 2.22. The Bertz CT molecular complexity index is 668. The molecule has 126 valence electrons. The molecule has 0 radical (unpaired) electrons. The molecule has 0 unspecified atom stereocenters. The van der Waals surface area contributed by atoms with Gasteiger partial charge < -0.3 is 10.6 Å². The zero-order valence-corrected chi connectivity index (χ0v) is 14.0. The highest BCUT2D eigenvalue weighted by molar-refractivity contribution is 5.91. The summed E-state index contributed by atoms with van der Waals surface area (Å²) >= 11 is 0. The van der Waals surface area contributed by atoms with E-state index in [9.17, 15) is 9.59 Å². The van der Waals surface area contributed by atoms with E-state index >= 15 is 0 Å². The predicted octanol–water partition coefficient (Wildman–Crippen LogP) is 3.99. The molecule has 0 atom stereocenters. The average molecular weight is 324 g/mol. The topological polar surface area (TPSA) is 58.2 Å². The molecule has 4 nitrogen and oxygen atoms in total. The van der Waals surface area contributed by atoms with Crippen molar-refractivity contribution in [2.75, 3.05) is 11.9 Å². The molecule has 2 N–H and O–H groups in total. The number of rotatable bonds is 8. The molecule has 0 aromatic heterocycles. The molecule has 4 heteroatoms. The lowest BCUT2D eigenvalue weighted by atomic mass is 10.1. The minimum Gasteiger partial charge on any atom is -0.356 e. The third kappa shape index (κ3) is 6.24. The van der Waals surface area contributed by atoms with Crippen molar-refractivity contribution in [1.82, 2.24) is 5.32 Å². The third-order valence-electron chi connectivity index (χ3n) is 3.71. The maximum Gasteiger partial charge on any atom is 0.224 e. The summed E-state index contributed by atoms with van der Waals surface area (Å²) in [5, 5.41) is 5.71. The number of hydrogen-bond donors (Lipinski definition) is 2. The molecule has 0 bridgehead atoms. The van der Waals surface area contributed by atoms with Gasteiger partial charge in [-0.1, -0.05) is 48.9 Å². The molecule has 0 saturated heterocycles. The molecule has 2 aromatic rings. The summed E-state index contributed by atoms with van der Waals surface area (Å²) in [4.78, 5) is 22.8. The van der Waals surface area contributed by atoms with E-state index in [0.29, 0.717) is 13.0 Å². The molecular formula is C20H24N2O2. The first-order valence-electron chi connectivity index (χ1n) is 8.35. The fraction of sp³-hybridized carbons (Fsp3) is 0.300. The maximum absolute atomic E-state index is 12.0. The minimum absolute atomic E-state index is 0.00830. The lowest BCUT2D eigenvalue weighted by Crippen LogP contribution is -2.20. The number of amides is 2. The Morgan fingerprint density at radius 3 is 2.38 bits per heavy atom. The lowest BCUT2D eigenvalue weighted by Gasteiger charge is -2.08. The Balaban J connectivity index is 1.77. The molecule has 0 aliphatic rings. The van der Waals surface area contributed by atoms with Crippen LogP contribution in [0, 0.1) is 0 Å². The Morgan fingerprint density at radius 1 is 0.875 bits per heavy atom. The van der Waals surface area contributed by atoms with Crippen LogP contribution in [0.15, 0.2) is 54.6 Å². The van der Waals surface area contributed by atoms with Crippen molar-refractivity contribution in [2.45, 2.75) is 32.6 Å². The van der Waals surface area contributed by atoms with Gasteiger partial charge in [-0.15, -0.1) is 0 Å². The van der Waals surface area contributed by atoms with Crippen molar-refractivity contribution in [3.63, 3.8) is 0 Å². The number of carbonyl (C=O) groups is 2. The van der Waals surface area contributed by atoms with E-state index in [2.05, 4.69) is 22.8 Å². The van der Waals surface area contributed by atoms with Crippen LogP contribution in [0.1, 0.15) is 32.6 Å². The van der Waals surface area contributed by atoms with Crippen LogP contribution in [-0.2, 0) is 9.59 Å². The minimum atomic E-state index is -0.00830. The van der Waals surface area contributed by atoms with E-state index < -0.39 is 0 Å². The third-order valence-corrected chi connectivity index (χ3v) is 3.71. The van der Waals surface area contributed by atoms with Gasteiger partial charge in [-0.3, -0.25) is 9.59 Å². The highest BCUT2D eigenvalue weighted by atomic mass is 16.2. The molecule has 2 rings (SSSR count). The van der Waals surface area contributed by atoms with E-state index in [0.717, 1.165) is 36.1 Å². The lowest BCUT2D eigenvalue weighted by molar-refractivity contribution is -0.119. The van der Waals surface area contributed by atoms with Gasteiger partial charge in [0.05, 0.1) is 0 Å². The molecule has 0 fully saturated rings. The second-order valence-electron chi connectivity index (χ2n) is 5.79. The molecule has 0 saturated carbocycles. The van der Waals surface area contributed by atoms with Gasteiger partial charge in [-0.2, -0.15) is 0 Å². The van der Waals surface area contributed by atoms with E-state index in [1.54, 1.807) is 0 Å². The van der Waals surface area contributed by atoms with Crippen LogP contribution in [-0.4, -0.2) is 18.4 Å². The van der Waals surface area contributed by atoms with Gasteiger partial charge in [-0.25, -0.2) is 0 Å². The van der Waals surface area contributed by atoms with Gasteiger partial charge in [-0.05, 0) is 36.1 Å². The molecular weight excluding hydrogens is 300 g/mol. The van der Waals surface area contributed by atoms with Gasteiger partial charge >= 0.3 is 0 Å². The Hall–Kier alpha value is -2.62. The summed E-state index contributed by atoms with van der Waals surface area (Å²) in [5.41, 5.74) is 3.04. The molecule has 0 aliphatic heterocycles. The maximum atomic E-state index is 12.0. The Labute approximate surface area is 143 Å². The van der Waals surface area contributed by atoms with Crippen molar-refractivity contribution >= 4 is 17.5 Å². The first-order valence-corrected chi connectivity index (χ1v) is 8.35. The summed E-state index contributed by atoms with van der Waals surface area (Å²) in [7, 11) is 0. The second-order valence-corrected chi connectivity index (χ2v) is 5.79. The van der Waals surface area contributed by atoms with Crippen molar-refractivity contribution < 1.29 is 9.59 Å². The van der Waals surface area contributed by atoms with E-state index in [1.165, 1.54) is 6.92 Å². The van der Waals surface area contributed by atoms with Crippen LogP contribution in [0.2, 0.25) is 0 Å². The van der Waals surface area contributed by atoms with Crippen molar-refractivity contribution in [3.8, 4) is 11.1 Å². The smallest absolute Gasteiger partial charge is 0.224 e. The molecule has 24 heavy (non-hydrogen) atoms. The van der Waals surface area contributed by atoms with Crippen molar-refractivity contribution in [2.24, 2.45) is 0 Å². The average Bonchev–Trinajstić information content (AvgIpc) is 2.59. The summed E-state index contributed by atoms with van der Waals surface area (Å²) in [6.45, 7) is 2.19. The van der Waals surface area contributed by atoms with Crippen LogP contribution in [0.5, 0.6) is 0 Å². The standard InChI is InChI=1S/C20H24N2O2/c1-16(23)21-14-7-3-6-13-20(24)22-19-12-8-11-18(15-19)17-9-4-2-5-10-17/h2,4-5,8-12,15H,3,6-7,13-14H2,1H3,(H,21,23)(H,22,24). The van der Waals surface area contributed by atoms with Crippen LogP contribution < -0.4 is 10.6 Å². The first-order chi connectivity index (χ1) is 11.6. The second kappa shape index (κ2) is 9.50. The Morgan fingerprint density at radius 2 is 1.62 bits per heavy atom. The van der Waals surface area contributed by atoms with Crippen LogP contribution in [0.3, 0.4) is 0 Å². The van der Waals surface area contributed by atoms with E-state index in [4.69, 9.17) is 0 Å². The number of hydrogen-bond acceptors (Lipinski definition) is 2. The summed E-state index contributed by atoms with van der Waals surface area (Å²) < 4.78 is 0. The van der Waals surface area contributed by atoms with Crippen LogP contribution in [0.25, 0.3) is 11.1 Å². The van der Waals surface area contributed by atoms with Gasteiger partial charge in [0, 0.05) is 25.6 Å². The monoisotopic (exact) mass is 324 g/mol. The zero-order valence-electron chi connectivity index (χ0n) is 14.0. The molecule has 0 spiro atoms. The summed E-state index contributed by atoms with van der Waals surface area (Å²) in [6.07, 6.45) is 3.15. The number of unbranched alkanes of at least 4 members (excludes halogenated alkanes) is 2. The fourth-order valence-electron chi connectivity index (χ4n) is 2.48. The zero-order chi connectivity index (χ0) is 17.2. The van der Waals surface area contributed by atoms with Gasteiger partial charge in [0.1, 0.15) is 0 Å². The quantitative estimate of drug-likeness (QED) is 0.721. The van der Waals surface area contributed by atoms with Gasteiger partial charge in [0.15, 0.2) is 0 Å². The van der Waals surface area contributed by atoms with Crippen molar-refractivity contribution in [1.29, 1.82) is 0 Å². The fourth-order valence-corrected chi connectivity index (χ4v) is 2.48. The largest absolute Gasteiger partial charge is 0.356 e. The highest BCUT2D eigenvalue weighted by Gasteiger charge is 2.04. The Kier molecular flexibility index (Phi) is 7.02. The number of benzene rings is 2. The molecule has 0 heterocycles. The van der Waals surface area contributed by atoms with Gasteiger partial charge in [0.25, 0.3) is 0 Å².